The summed E-state index contributed by atoms with van der Waals surface area (Å²) in [5, 5.41) is 11.6. The van der Waals surface area contributed by atoms with Crippen molar-refractivity contribution < 1.29 is 31.9 Å². The number of hydrogen-bond acceptors (Lipinski definition) is 4. The topological polar surface area (TPSA) is 104 Å². The Morgan fingerprint density at radius 3 is 2.53 bits per heavy atom. The fourth-order valence-corrected chi connectivity index (χ4v) is 4.83. The summed E-state index contributed by atoms with van der Waals surface area (Å²) in [6.45, 7) is 1.36. The Balaban J connectivity index is 1.87. The number of aliphatic carboxylic acids is 1. The van der Waals surface area contributed by atoms with Gasteiger partial charge in [0.05, 0.1) is 5.92 Å². The van der Waals surface area contributed by atoms with Crippen LogP contribution in [-0.4, -0.2) is 42.8 Å². The molecule has 1 aliphatic heterocycles. The molecule has 0 spiro atoms. The van der Waals surface area contributed by atoms with Gasteiger partial charge in [0.25, 0.3) is 5.91 Å². The number of amides is 1. The van der Waals surface area contributed by atoms with Crippen LogP contribution in [0.1, 0.15) is 28.8 Å². The fourth-order valence-electron chi connectivity index (χ4n) is 3.22. The van der Waals surface area contributed by atoms with E-state index < -0.39 is 44.3 Å². The van der Waals surface area contributed by atoms with E-state index in [0.717, 1.165) is 28.6 Å². The second-order valence-corrected chi connectivity index (χ2v) is 9.01. The van der Waals surface area contributed by atoms with Crippen molar-refractivity contribution in [1.29, 1.82) is 0 Å². The lowest BCUT2D eigenvalue weighted by atomic mass is 10.0. The summed E-state index contributed by atoms with van der Waals surface area (Å²) >= 11 is 0. The Morgan fingerprint density at radius 2 is 1.87 bits per heavy atom. The number of anilines is 1. The summed E-state index contributed by atoms with van der Waals surface area (Å²) in [5.74, 6) is -4.30. The van der Waals surface area contributed by atoms with Gasteiger partial charge in [-0.3, -0.25) is 9.59 Å². The molecule has 10 heteroatoms. The molecule has 1 atom stereocenters. The zero-order valence-corrected chi connectivity index (χ0v) is 16.9. The second kappa shape index (κ2) is 8.49. The number of carbonyl (C=O) groups excluding carboxylic acids is 1. The molecule has 1 aliphatic rings. The monoisotopic (exact) mass is 438 g/mol. The van der Waals surface area contributed by atoms with Crippen LogP contribution >= 0.6 is 0 Å². The smallest absolute Gasteiger partial charge is 0.307 e. The molecular formula is C20H20F2N2O5S. The number of nitrogens with one attached hydrogen (secondary N) is 1. The van der Waals surface area contributed by atoms with Crippen LogP contribution in [0.4, 0.5) is 14.5 Å². The first-order valence-corrected chi connectivity index (χ1v) is 10.6. The highest BCUT2D eigenvalue weighted by molar-refractivity contribution is 7.89. The van der Waals surface area contributed by atoms with Crippen molar-refractivity contribution in [1.82, 2.24) is 4.31 Å². The van der Waals surface area contributed by atoms with Gasteiger partial charge >= 0.3 is 5.97 Å². The lowest BCUT2D eigenvalue weighted by Gasteiger charge is -2.30. The number of aryl methyl sites for hydroxylation is 1. The second-order valence-electron chi connectivity index (χ2n) is 7.10. The maximum absolute atomic E-state index is 14.4. The standard InChI is InChI=1S/C20H20F2N2O5S/c1-12-4-6-15(10-17(12)22)23-19(25)13-5-7-16(21)18(9-13)30(28,29)24-8-2-3-14(11-24)20(26)27/h4-7,9-10,14H,2-3,8,11H2,1H3,(H,23,25)(H,26,27). The first kappa shape index (κ1) is 21.8. The minimum atomic E-state index is -4.35. The highest BCUT2D eigenvalue weighted by atomic mass is 32.2. The SMILES string of the molecule is Cc1ccc(NC(=O)c2ccc(F)c(S(=O)(=O)N3CCCC(C(=O)O)C3)c2)cc1F. The van der Waals surface area contributed by atoms with E-state index in [2.05, 4.69) is 5.32 Å². The zero-order chi connectivity index (χ0) is 22.1. The van der Waals surface area contributed by atoms with Crippen molar-refractivity contribution in [3.05, 3.63) is 59.2 Å². The number of rotatable bonds is 5. The normalized spacial score (nSPS) is 17.5. The van der Waals surface area contributed by atoms with Crippen LogP contribution in [0.5, 0.6) is 0 Å². The van der Waals surface area contributed by atoms with Crippen LogP contribution in [0.15, 0.2) is 41.3 Å². The predicted octanol–water partition coefficient (Wildman–Crippen LogP) is 3.01. The van der Waals surface area contributed by atoms with Gasteiger partial charge in [0, 0.05) is 24.3 Å². The lowest BCUT2D eigenvalue weighted by molar-refractivity contribution is -0.142. The van der Waals surface area contributed by atoms with Gasteiger partial charge < -0.3 is 10.4 Å². The Labute approximate surface area is 172 Å². The molecule has 3 rings (SSSR count). The molecule has 7 nitrogen and oxygen atoms in total. The van der Waals surface area contributed by atoms with Crippen molar-refractivity contribution in [2.24, 2.45) is 5.92 Å². The maximum Gasteiger partial charge on any atom is 0.307 e. The van der Waals surface area contributed by atoms with Gasteiger partial charge in [-0.15, -0.1) is 0 Å². The number of sulfonamides is 1. The average molecular weight is 438 g/mol. The van der Waals surface area contributed by atoms with Crippen molar-refractivity contribution in [2.75, 3.05) is 18.4 Å². The molecule has 1 fully saturated rings. The van der Waals surface area contributed by atoms with Gasteiger partial charge in [-0.05, 0) is 55.7 Å². The van der Waals surface area contributed by atoms with Crippen molar-refractivity contribution in [3.8, 4) is 0 Å². The fraction of sp³-hybridized carbons (Fsp3) is 0.300. The van der Waals surface area contributed by atoms with Crippen LogP contribution in [0.25, 0.3) is 0 Å². The molecule has 2 N–H and O–H groups in total. The molecule has 1 saturated heterocycles. The number of nitrogens with zero attached hydrogens (tertiary/aromatic N) is 1. The molecule has 1 amide bonds. The van der Waals surface area contributed by atoms with Crippen LogP contribution in [0, 0.1) is 24.5 Å². The minimum absolute atomic E-state index is 0.0601. The van der Waals surface area contributed by atoms with Gasteiger partial charge in [0.1, 0.15) is 16.5 Å². The molecular weight excluding hydrogens is 418 g/mol. The molecule has 0 saturated carbocycles. The van der Waals surface area contributed by atoms with Gasteiger partial charge in [-0.25, -0.2) is 17.2 Å². The summed E-state index contributed by atoms with van der Waals surface area (Å²) in [4.78, 5) is 23.0. The molecule has 160 valence electrons. The Kier molecular flexibility index (Phi) is 6.18. The van der Waals surface area contributed by atoms with Crippen LogP contribution in [0.2, 0.25) is 0 Å². The van der Waals surface area contributed by atoms with Gasteiger partial charge in [-0.2, -0.15) is 4.31 Å². The van der Waals surface area contributed by atoms with Crippen LogP contribution in [-0.2, 0) is 14.8 Å². The van der Waals surface area contributed by atoms with Crippen molar-refractivity contribution in [3.63, 3.8) is 0 Å². The molecule has 0 aromatic heterocycles. The predicted molar refractivity (Wildman–Crippen MR) is 105 cm³/mol. The summed E-state index contributed by atoms with van der Waals surface area (Å²) in [5.41, 5.74) is 0.421. The molecule has 2 aromatic rings. The minimum Gasteiger partial charge on any atom is -0.481 e. The zero-order valence-electron chi connectivity index (χ0n) is 16.1. The molecule has 2 aromatic carbocycles. The van der Waals surface area contributed by atoms with E-state index >= 15 is 0 Å². The molecule has 30 heavy (non-hydrogen) atoms. The Hall–Kier alpha value is -2.85. The maximum atomic E-state index is 14.4. The first-order valence-electron chi connectivity index (χ1n) is 9.19. The highest BCUT2D eigenvalue weighted by Gasteiger charge is 2.35. The molecule has 0 bridgehead atoms. The quantitative estimate of drug-likeness (QED) is 0.747. The molecule has 1 heterocycles. The van der Waals surface area contributed by atoms with Gasteiger partial charge in [-0.1, -0.05) is 6.07 Å². The molecule has 1 unspecified atom stereocenters. The lowest BCUT2D eigenvalue weighted by Crippen LogP contribution is -2.42. The molecule has 0 aliphatic carbocycles. The summed E-state index contributed by atoms with van der Waals surface area (Å²) in [6.07, 6.45) is 0.663. The largest absolute Gasteiger partial charge is 0.481 e. The Bertz CT molecular complexity index is 1100. The van der Waals surface area contributed by atoms with Crippen LogP contribution in [0.3, 0.4) is 0 Å². The van der Waals surface area contributed by atoms with E-state index in [4.69, 9.17) is 5.11 Å². The number of carboxylic acid groups (broad SMARTS) is 1. The highest BCUT2D eigenvalue weighted by Crippen LogP contribution is 2.26. The summed E-state index contributed by atoms with van der Waals surface area (Å²) in [7, 11) is -4.35. The number of piperidine rings is 1. The third kappa shape index (κ3) is 4.49. The Morgan fingerprint density at radius 1 is 1.13 bits per heavy atom. The number of halogens is 2. The summed E-state index contributed by atoms with van der Waals surface area (Å²) in [6, 6.07) is 6.95. The number of carbonyl (C=O) groups is 2. The van der Waals surface area contributed by atoms with Gasteiger partial charge in [0.15, 0.2) is 0 Å². The van der Waals surface area contributed by atoms with E-state index in [1.165, 1.54) is 12.1 Å². The number of benzene rings is 2. The van der Waals surface area contributed by atoms with Crippen LogP contribution < -0.4 is 5.32 Å². The summed E-state index contributed by atoms with van der Waals surface area (Å²) < 4.78 is 54.8. The van der Waals surface area contributed by atoms with E-state index in [1.54, 1.807) is 6.92 Å². The third-order valence-electron chi connectivity index (χ3n) is 4.97. The number of carboxylic acids is 1. The van der Waals surface area contributed by atoms with E-state index in [-0.39, 0.29) is 24.3 Å². The average Bonchev–Trinajstić information content (AvgIpc) is 2.71. The number of hydrogen-bond donors (Lipinski definition) is 2. The first-order chi connectivity index (χ1) is 14.1. The van der Waals surface area contributed by atoms with E-state index in [1.807, 2.05) is 0 Å². The molecule has 0 radical (unpaired) electrons. The third-order valence-corrected chi connectivity index (χ3v) is 6.85. The van der Waals surface area contributed by atoms with E-state index in [9.17, 15) is 26.8 Å². The van der Waals surface area contributed by atoms with Crippen molar-refractivity contribution >= 4 is 27.6 Å². The van der Waals surface area contributed by atoms with Gasteiger partial charge in [0.2, 0.25) is 10.0 Å². The van der Waals surface area contributed by atoms with E-state index in [0.29, 0.717) is 18.4 Å². The van der Waals surface area contributed by atoms with Crippen molar-refractivity contribution in [2.45, 2.75) is 24.7 Å².